The Hall–Kier alpha value is -5.10. The number of allylic oxidation sites excluding steroid dienone is 10. The second-order valence-electron chi connectivity index (χ2n) is 33.6. The highest BCUT2D eigenvalue weighted by Crippen LogP contribution is 2.42. The van der Waals surface area contributed by atoms with Gasteiger partial charge in [-0.1, -0.05) is 200 Å². The van der Waals surface area contributed by atoms with Crippen LogP contribution in [-0.2, 0) is 56.3 Å². The van der Waals surface area contributed by atoms with E-state index >= 15 is 0 Å². The van der Waals surface area contributed by atoms with Crippen LogP contribution in [0.4, 0.5) is 52.7 Å². The van der Waals surface area contributed by atoms with E-state index in [4.69, 9.17) is 61.7 Å². The molecule has 120 heavy (non-hydrogen) atoms. The topological polar surface area (TPSA) is 179 Å². The lowest BCUT2D eigenvalue weighted by Crippen LogP contribution is -2.49. The number of aliphatic hydroxyl groups is 2. The summed E-state index contributed by atoms with van der Waals surface area (Å²) >= 11 is 0. The Morgan fingerprint density at radius 2 is 0.967 bits per heavy atom. The van der Waals surface area contributed by atoms with E-state index in [2.05, 4.69) is 107 Å². The highest BCUT2D eigenvalue weighted by atomic mass is 28.4. The number of carboxylic acid groups (broad SMARTS) is 1. The summed E-state index contributed by atoms with van der Waals surface area (Å²) in [4.78, 5) is 10.9. The van der Waals surface area contributed by atoms with Gasteiger partial charge in [0.1, 0.15) is 24.9 Å². The minimum absolute atomic E-state index is 0.0298. The first-order chi connectivity index (χ1) is 55.5. The second kappa shape index (κ2) is 59.0. The molecule has 12 atom stereocenters. The minimum Gasteiger partial charge on any atom is -0.480 e. The number of hydrogen-bond donors (Lipinski definition) is 3. The van der Waals surface area contributed by atoms with Gasteiger partial charge in [-0.15, -0.1) is 13.2 Å². The molecule has 3 heterocycles. The molecule has 0 radical (unpaired) electrons. The van der Waals surface area contributed by atoms with Crippen LogP contribution in [0.15, 0.2) is 167 Å². The van der Waals surface area contributed by atoms with E-state index in [0.717, 1.165) is 59.4 Å². The fourth-order valence-electron chi connectivity index (χ4n) is 11.8. The van der Waals surface area contributed by atoms with Crippen molar-refractivity contribution in [2.75, 3.05) is 94.5 Å². The van der Waals surface area contributed by atoms with Crippen LogP contribution in [-0.4, -0.2) is 206 Å². The summed E-state index contributed by atoms with van der Waals surface area (Å²) in [6.07, 6.45) is 9.35. The van der Waals surface area contributed by atoms with E-state index in [1.54, 1.807) is 51.5 Å². The van der Waals surface area contributed by atoms with Gasteiger partial charge in [0.25, 0.3) is 0 Å². The monoisotopic (exact) mass is 1770 g/mol. The third-order valence-corrected chi connectivity index (χ3v) is 29.8. The first-order valence-electron chi connectivity index (χ1n) is 41.0. The average molecular weight is 1770 g/mol. The Balaban J connectivity index is 0. The maximum Gasteiger partial charge on any atom is 0.412 e. The normalized spacial score (nSPS) is 26.6. The first kappa shape index (κ1) is 117. The lowest BCUT2D eigenvalue weighted by Gasteiger charge is -2.42. The molecule has 0 aromatic carbocycles. The quantitative estimate of drug-likeness (QED) is 0.0340. The number of alkyl halides is 12. The van der Waals surface area contributed by atoms with Crippen molar-refractivity contribution in [3.8, 4) is 0 Å². The molecule has 29 heteroatoms. The standard InChI is InChI=1S/C24H43F3O3Si.C23H39F3O3Si.C19H27F3O5.C17H25F3O3.C8H14O/c1-11-12-13-21(24(25,26)27)14-15-29-17-18(2)16-19(3)22(20(4)28-8)30-31(9,10)23(5,6)7;1-17-15-18(2)21(29-30(7,8)22(3,4)5)20(27-6)12-10-9-11-19(23(24,25)26)13-14-28-16-17;1-13-10-14(2)18(27-12-17(23)24)16(25-3)7-5-4-6-15(19(20,21)22)8-9-26-11-13;1-12-10-13(2)16(21)15(22-3)7-5-4-6-14(17(18,19)20)8-9-23-11-12;1-3-4-5-8(2)6-7-9/h11,14,16,19-20,22H,1,12-13,15,17H2,2-10H3;10,12-13,15,18,20-21H,9,11,14,16H2,1-8H3;5,7-8,10,14,16,18H,4,6,9,11-12H2,1-3H3,(H,23,24);5,7-8,10,13,15-16,21H,4,6,9,11H2,1-3H3;3,6,9H,1,4-5,7H2,2H3/b18-16-,21-14-;12-10+,17-15-,19-13-;7-5+,13-10-,15-8-;7-5+,12-10-,14-8-;8-6+/t19-,20+,22+;18-,20+,21+;14-,16+,18+;13-,15+,16+;/m1111./s1. The molecule has 0 fully saturated rings. The molecule has 0 saturated carbocycles. The van der Waals surface area contributed by atoms with Crippen molar-refractivity contribution < 1.29 is 124 Å². The van der Waals surface area contributed by atoms with Crippen LogP contribution in [0, 0.1) is 23.7 Å². The van der Waals surface area contributed by atoms with Gasteiger partial charge in [0, 0.05) is 74.4 Å². The molecule has 15 nitrogen and oxygen atoms in total. The summed E-state index contributed by atoms with van der Waals surface area (Å²) in [6.45, 7) is 48.7. The van der Waals surface area contributed by atoms with Gasteiger partial charge < -0.3 is 66.8 Å². The van der Waals surface area contributed by atoms with Crippen molar-refractivity contribution in [2.45, 2.75) is 285 Å². The van der Waals surface area contributed by atoms with Gasteiger partial charge in [-0.25, -0.2) is 4.79 Å². The van der Waals surface area contributed by atoms with Crippen LogP contribution in [0.3, 0.4) is 0 Å². The highest BCUT2D eigenvalue weighted by molar-refractivity contribution is 6.74. The minimum atomic E-state index is -4.40. The fourth-order valence-corrected chi connectivity index (χ4v) is 14.7. The number of methoxy groups -OCH3 is 4. The largest absolute Gasteiger partial charge is 0.480 e. The van der Waals surface area contributed by atoms with Gasteiger partial charge in [-0.2, -0.15) is 52.7 Å². The number of aliphatic carboxylic acids is 1. The average Bonchev–Trinajstić information content (AvgIpc) is 0.819. The number of hydrogen-bond acceptors (Lipinski definition) is 14. The zero-order valence-corrected chi connectivity index (χ0v) is 78.1. The van der Waals surface area contributed by atoms with Crippen LogP contribution in [0.2, 0.25) is 36.3 Å². The number of carbonyl (C=O) groups is 1. The van der Waals surface area contributed by atoms with E-state index in [1.807, 2.05) is 78.8 Å². The molecule has 0 aliphatic carbocycles. The first-order valence-corrected chi connectivity index (χ1v) is 46.8. The highest BCUT2D eigenvalue weighted by Gasteiger charge is 2.44. The Labute approximate surface area is 713 Å². The third-order valence-electron chi connectivity index (χ3n) is 20.9. The number of carboxylic acids is 1. The fraction of sp³-hybridized carbons (Fsp3) is 0.681. The molecular weight excluding hydrogens is 1620 g/mol. The summed E-state index contributed by atoms with van der Waals surface area (Å²) in [6, 6.07) is 0. The Kier molecular flexibility index (Phi) is 57.5. The summed E-state index contributed by atoms with van der Waals surface area (Å²) < 4.78 is 219. The molecule has 0 aromatic heterocycles. The van der Waals surface area contributed by atoms with Crippen molar-refractivity contribution in [1.29, 1.82) is 0 Å². The molecule has 0 amide bonds. The van der Waals surface area contributed by atoms with E-state index in [-0.39, 0.29) is 169 Å². The van der Waals surface area contributed by atoms with Gasteiger partial charge in [0.15, 0.2) is 16.6 Å². The molecule has 694 valence electrons. The molecule has 3 rings (SSSR count). The van der Waals surface area contributed by atoms with Gasteiger partial charge in [0.2, 0.25) is 0 Å². The second-order valence-corrected chi connectivity index (χ2v) is 43.1. The van der Waals surface area contributed by atoms with Crippen LogP contribution in [0.5, 0.6) is 0 Å². The van der Waals surface area contributed by atoms with Crippen molar-refractivity contribution in [3.63, 3.8) is 0 Å². The van der Waals surface area contributed by atoms with E-state index in [0.29, 0.717) is 0 Å². The van der Waals surface area contributed by atoms with Crippen molar-refractivity contribution in [3.05, 3.63) is 167 Å². The summed E-state index contributed by atoms with van der Waals surface area (Å²) in [5, 5.41) is 27.7. The Morgan fingerprint density at radius 3 is 1.33 bits per heavy atom. The Bertz CT molecular complexity index is 3310. The van der Waals surface area contributed by atoms with E-state index in [9.17, 15) is 62.6 Å². The summed E-state index contributed by atoms with van der Waals surface area (Å²) in [5.74, 6) is -1.32. The summed E-state index contributed by atoms with van der Waals surface area (Å²) in [5.41, 5.74) is 2.46. The predicted molar refractivity (Wildman–Crippen MR) is 463 cm³/mol. The van der Waals surface area contributed by atoms with Gasteiger partial charge in [-0.05, 0) is 142 Å². The number of rotatable bonds is 25. The molecule has 0 unspecified atom stereocenters. The summed E-state index contributed by atoms with van der Waals surface area (Å²) in [7, 11) is 2.12. The number of ether oxygens (including phenoxy) is 9. The molecule has 0 spiro atoms. The number of aliphatic hydroxyl groups excluding tert-OH is 2. The van der Waals surface area contributed by atoms with Gasteiger partial charge in [-0.3, -0.25) is 0 Å². The SMILES string of the molecule is C=CCC/C(=C/COC/C(C)=C\[C@@H](C)[C@H](O[Si](C)(C)C(C)(C)C)[C@H](C)OC)C(F)(F)F.C=CCC/C(C)=C/CO.CO[C@H]1/C=C/CC/C(C(F)(F)F)=C/COC/C(C)=C\[C@@H](C)[C@@H]1O.CO[C@H]1/C=C/CC/C(C(F)(F)F)=C/COC/C(C)=C\[C@@H](C)[C@@H]1OCC(=O)O.CO[C@H]1/C=C/CC/C(C(F)(F)F)=C/COC/C(C)=C\[C@@H](C)[C@@H]1O[Si](C)(C)C(C)(C)C. The lowest BCUT2D eigenvalue weighted by atomic mass is 9.96. The third kappa shape index (κ3) is 50.2. The number of halogens is 12. The predicted octanol–water partition coefficient (Wildman–Crippen LogP) is 23.9. The molecular formula is C91H148F12O15Si2. The zero-order valence-electron chi connectivity index (χ0n) is 76.1. The Morgan fingerprint density at radius 1 is 0.575 bits per heavy atom. The van der Waals surface area contributed by atoms with Gasteiger partial charge in [0.05, 0.1) is 90.0 Å². The van der Waals surface area contributed by atoms with Crippen LogP contribution >= 0.6 is 0 Å². The molecule has 3 N–H and O–H groups in total. The molecule has 0 saturated heterocycles. The molecule has 0 aromatic rings. The van der Waals surface area contributed by atoms with Crippen molar-refractivity contribution >= 4 is 22.6 Å². The van der Waals surface area contributed by atoms with Crippen LogP contribution < -0.4 is 0 Å². The molecule has 3 aliphatic rings. The van der Waals surface area contributed by atoms with E-state index < -0.39 is 101 Å². The van der Waals surface area contributed by atoms with Crippen LogP contribution in [0.1, 0.15) is 175 Å². The van der Waals surface area contributed by atoms with Gasteiger partial charge >= 0.3 is 30.7 Å². The molecule has 0 bridgehead atoms. The smallest absolute Gasteiger partial charge is 0.412 e. The maximum atomic E-state index is 13.2. The van der Waals surface area contributed by atoms with Crippen LogP contribution in [0.25, 0.3) is 0 Å². The van der Waals surface area contributed by atoms with Crippen molar-refractivity contribution in [1.82, 2.24) is 0 Å². The molecule has 3 aliphatic heterocycles. The lowest BCUT2D eigenvalue weighted by molar-refractivity contribution is -0.148. The zero-order chi connectivity index (χ0) is 92.6. The van der Waals surface area contributed by atoms with Crippen molar-refractivity contribution in [2.24, 2.45) is 23.7 Å². The maximum absolute atomic E-state index is 13.2. The van der Waals surface area contributed by atoms with E-state index in [1.165, 1.54) is 25.9 Å².